The number of rotatable bonds is 6. The van der Waals surface area contributed by atoms with Crippen molar-refractivity contribution < 1.29 is 9.53 Å². The van der Waals surface area contributed by atoms with Crippen LogP contribution in [0, 0.1) is 5.41 Å². The zero-order valence-electron chi connectivity index (χ0n) is 15.7. The van der Waals surface area contributed by atoms with Gasteiger partial charge in [-0.2, -0.15) is 5.10 Å². The molecule has 0 radical (unpaired) electrons. The lowest BCUT2D eigenvalue weighted by molar-refractivity contribution is -0.115. The van der Waals surface area contributed by atoms with Crippen molar-refractivity contribution in [3.05, 3.63) is 71.5 Å². The molecule has 2 heterocycles. The maximum atomic E-state index is 12.3. The maximum Gasteiger partial charge on any atom is 0.228 e. The van der Waals surface area contributed by atoms with Crippen LogP contribution in [-0.4, -0.2) is 28.9 Å². The highest BCUT2D eigenvalue weighted by molar-refractivity contribution is 6.31. The van der Waals surface area contributed by atoms with E-state index in [1.807, 2.05) is 53.3 Å². The van der Waals surface area contributed by atoms with E-state index in [4.69, 9.17) is 16.3 Å². The van der Waals surface area contributed by atoms with Gasteiger partial charge in [0.1, 0.15) is 0 Å². The van der Waals surface area contributed by atoms with Crippen molar-refractivity contribution in [2.75, 3.05) is 18.5 Å². The van der Waals surface area contributed by atoms with Crippen LogP contribution in [0.2, 0.25) is 5.02 Å². The van der Waals surface area contributed by atoms with Gasteiger partial charge in [0.05, 0.1) is 32.4 Å². The molecule has 1 aromatic heterocycles. The van der Waals surface area contributed by atoms with Gasteiger partial charge >= 0.3 is 0 Å². The number of hydrogen-bond donors (Lipinski definition) is 1. The Kier molecular flexibility index (Phi) is 5.20. The second kappa shape index (κ2) is 7.78. The summed E-state index contributed by atoms with van der Waals surface area (Å²) in [4.78, 5) is 12.3. The number of amides is 1. The third-order valence-corrected chi connectivity index (χ3v) is 5.26. The Morgan fingerprint density at radius 3 is 2.61 bits per heavy atom. The summed E-state index contributed by atoms with van der Waals surface area (Å²) in [6.07, 6.45) is 4.17. The van der Waals surface area contributed by atoms with Gasteiger partial charge in [0.15, 0.2) is 0 Å². The molecule has 6 heteroatoms. The lowest BCUT2D eigenvalue weighted by Gasteiger charge is -2.37. The Hall–Kier alpha value is -2.63. The van der Waals surface area contributed by atoms with Crippen LogP contribution in [-0.2, 0) is 22.5 Å². The van der Waals surface area contributed by atoms with E-state index in [0.29, 0.717) is 5.02 Å². The first-order chi connectivity index (χ1) is 13.5. The number of ether oxygens (including phenoxy) is 1. The highest BCUT2D eigenvalue weighted by atomic mass is 35.5. The summed E-state index contributed by atoms with van der Waals surface area (Å²) in [7, 11) is 0. The van der Waals surface area contributed by atoms with E-state index in [1.54, 1.807) is 6.07 Å². The average molecular weight is 396 g/mol. The zero-order chi connectivity index (χ0) is 19.6. The second-order valence-electron chi connectivity index (χ2n) is 7.62. The molecule has 1 amide bonds. The molecule has 0 aliphatic carbocycles. The van der Waals surface area contributed by atoms with Gasteiger partial charge < -0.3 is 10.1 Å². The number of carbonyl (C=O) groups excluding carboxylic acids is 1. The summed E-state index contributed by atoms with van der Waals surface area (Å²) in [5, 5.41) is 7.98. The predicted molar refractivity (Wildman–Crippen MR) is 110 cm³/mol. The van der Waals surface area contributed by atoms with Crippen LogP contribution < -0.4 is 5.32 Å². The fourth-order valence-electron chi connectivity index (χ4n) is 3.30. The maximum absolute atomic E-state index is 12.3. The first-order valence-electron chi connectivity index (χ1n) is 9.25. The van der Waals surface area contributed by atoms with Gasteiger partial charge in [-0.15, -0.1) is 0 Å². The van der Waals surface area contributed by atoms with Crippen LogP contribution in [0.5, 0.6) is 0 Å². The van der Waals surface area contributed by atoms with Gasteiger partial charge in [-0.3, -0.25) is 9.48 Å². The summed E-state index contributed by atoms with van der Waals surface area (Å²) >= 11 is 6.12. The van der Waals surface area contributed by atoms with Crippen molar-refractivity contribution in [1.29, 1.82) is 0 Å². The van der Waals surface area contributed by atoms with E-state index < -0.39 is 0 Å². The van der Waals surface area contributed by atoms with Gasteiger partial charge in [-0.05, 0) is 29.3 Å². The topological polar surface area (TPSA) is 56.2 Å². The van der Waals surface area contributed by atoms with Crippen molar-refractivity contribution in [1.82, 2.24) is 9.78 Å². The molecule has 0 saturated carbocycles. The van der Waals surface area contributed by atoms with Crippen molar-refractivity contribution >= 4 is 23.2 Å². The van der Waals surface area contributed by atoms with E-state index in [2.05, 4.69) is 23.5 Å². The smallest absolute Gasteiger partial charge is 0.228 e. The van der Waals surface area contributed by atoms with E-state index >= 15 is 0 Å². The van der Waals surface area contributed by atoms with Gasteiger partial charge in [0.2, 0.25) is 5.91 Å². The monoisotopic (exact) mass is 395 g/mol. The van der Waals surface area contributed by atoms with Crippen molar-refractivity contribution in [3.63, 3.8) is 0 Å². The fourth-order valence-corrected chi connectivity index (χ4v) is 3.50. The van der Waals surface area contributed by atoms with Crippen LogP contribution in [0.1, 0.15) is 12.5 Å². The molecule has 1 saturated heterocycles. The number of nitrogens with one attached hydrogen (secondary N) is 1. The minimum absolute atomic E-state index is 0.0929. The van der Waals surface area contributed by atoms with Crippen molar-refractivity contribution in [2.24, 2.45) is 5.41 Å². The summed E-state index contributed by atoms with van der Waals surface area (Å²) in [6, 6.07) is 15.2. The molecule has 0 spiro atoms. The molecule has 2 aromatic carbocycles. The molecule has 28 heavy (non-hydrogen) atoms. The van der Waals surface area contributed by atoms with Gasteiger partial charge in [-0.25, -0.2) is 0 Å². The molecule has 4 rings (SSSR count). The first-order valence-corrected chi connectivity index (χ1v) is 9.62. The molecule has 5 nitrogen and oxygen atoms in total. The number of halogens is 1. The zero-order valence-corrected chi connectivity index (χ0v) is 16.4. The Morgan fingerprint density at radius 2 is 1.93 bits per heavy atom. The second-order valence-corrected chi connectivity index (χ2v) is 8.03. The highest BCUT2D eigenvalue weighted by Gasteiger charge is 2.34. The first kappa shape index (κ1) is 18.7. The molecule has 0 bridgehead atoms. The third kappa shape index (κ3) is 4.26. The molecule has 1 aliphatic rings. The minimum atomic E-state index is -0.0929. The number of anilines is 1. The summed E-state index contributed by atoms with van der Waals surface area (Å²) in [5.74, 6) is -0.0929. The molecular weight excluding hydrogens is 374 g/mol. The van der Waals surface area contributed by atoms with E-state index in [9.17, 15) is 4.79 Å². The van der Waals surface area contributed by atoms with Crippen molar-refractivity contribution in [2.45, 2.75) is 19.9 Å². The van der Waals surface area contributed by atoms with Gasteiger partial charge in [0.25, 0.3) is 0 Å². The predicted octanol–water partition coefficient (Wildman–Crippen LogP) is 4.42. The SMILES string of the molecule is CC1(Cn2cc(-c3ccc(NC(=O)Cc4ccccc4Cl)cc3)cn2)COC1. The number of benzene rings is 2. The van der Waals surface area contributed by atoms with Gasteiger partial charge in [-0.1, -0.05) is 48.9 Å². The largest absolute Gasteiger partial charge is 0.380 e. The quantitative estimate of drug-likeness (QED) is 0.672. The molecular formula is C22H22ClN3O2. The number of carbonyl (C=O) groups is 1. The van der Waals surface area contributed by atoms with Crippen LogP contribution in [0.4, 0.5) is 5.69 Å². The number of aromatic nitrogens is 2. The molecule has 3 aromatic rings. The Labute approximate surface area is 169 Å². The Morgan fingerprint density at radius 1 is 1.18 bits per heavy atom. The van der Waals surface area contributed by atoms with Crippen LogP contribution in [0.25, 0.3) is 11.1 Å². The van der Waals surface area contributed by atoms with Crippen molar-refractivity contribution in [3.8, 4) is 11.1 Å². The van der Waals surface area contributed by atoms with Gasteiger partial charge in [0, 0.05) is 27.9 Å². The molecule has 1 N–H and O–H groups in total. The Balaban J connectivity index is 1.38. The van der Waals surface area contributed by atoms with Crippen LogP contribution >= 0.6 is 11.6 Å². The fraction of sp³-hybridized carbons (Fsp3) is 0.273. The number of hydrogen-bond acceptors (Lipinski definition) is 3. The van der Waals surface area contributed by atoms with E-state index in [0.717, 1.165) is 42.1 Å². The normalized spacial score (nSPS) is 15.1. The van der Waals surface area contributed by atoms with E-state index in [-0.39, 0.29) is 17.7 Å². The van der Waals surface area contributed by atoms with Crippen LogP contribution in [0.3, 0.4) is 0 Å². The molecule has 0 atom stereocenters. The molecule has 144 valence electrons. The Bertz CT molecular complexity index is 977. The summed E-state index contributed by atoms with van der Waals surface area (Å²) in [6.45, 7) is 4.62. The summed E-state index contributed by atoms with van der Waals surface area (Å²) in [5.41, 5.74) is 3.87. The van der Waals surface area contributed by atoms with E-state index in [1.165, 1.54) is 0 Å². The molecule has 0 unspecified atom stereocenters. The number of nitrogens with zero attached hydrogens (tertiary/aromatic N) is 2. The molecule has 1 fully saturated rings. The lowest BCUT2D eigenvalue weighted by Crippen LogP contribution is -2.43. The minimum Gasteiger partial charge on any atom is -0.380 e. The van der Waals surface area contributed by atoms with Crippen LogP contribution in [0.15, 0.2) is 60.9 Å². The average Bonchev–Trinajstić information content (AvgIpc) is 3.11. The standard InChI is InChI=1S/C22H22ClN3O2/c1-22(14-28-15-22)13-26-12-18(11-24-26)16-6-8-19(9-7-16)25-21(27)10-17-4-2-3-5-20(17)23/h2-9,11-12H,10,13-15H2,1H3,(H,25,27). The molecule has 1 aliphatic heterocycles. The summed E-state index contributed by atoms with van der Waals surface area (Å²) < 4.78 is 7.28. The highest BCUT2D eigenvalue weighted by Crippen LogP contribution is 2.29. The lowest BCUT2D eigenvalue weighted by atomic mass is 9.89. The third-order valence-electron chi connectivity index (χ3n) is 4.89.